The minimum Gasteiger partial charge on any atom is -0.480 e. The van der Waals surface area contributed by atoms with Crippen molar-refractivity contribution in [2.75, 3.05) is 0 Å². The van der Waals surface area contributed by atoms with Gasteiger partial charge < -0.3 is 19.3 Å². The molecule has 32 heavy (non-hydrogen) atoms. The quantitative estimate of drug-likeness (QED) is 0.356. The lowest BCUT2D eigenvalue weighted by molar-refractivity contribution is -0.140. The fraction of sp³-hybridized carbons (Fsp3) is 0.250. The van der Waals surface area contributed by atoms with Gasteiger partial charge in [0, 0.05) is 59.4 Å². The van der Waals surface area contributed by atoms with E-state index in [0.717, 1.165) is 43.4 Å². The van der Waals surface area contributed by atoms with Gasteiger partial charge in [-0.25, -0.2) is 0 Å². The molecule has 0 spiro atoms. The Bertz CT molecular complexity index is 1250. The van der Waals surface area contributed by atoms with Gasteiger partial charge in [0.2, 0.25) is 0 Å². The van der Waals surface area contributed by atoms with Crippen molar-refractivity contribution in [2.45, 2.75) is 23.3 Å². The van der Waals surface area contributed by atoms with Crippen molar-refractivity contribution < 1.29 is 19.8 Å². The predicted octanol–water partition coefficient (Wildman–Crippen LogP) is 5.35. The number of carboxylic acid groups (broad SMARTS) is 2. The molecule has 2 heterocycles. The lowest BCUT2D eigenvalue weighted by Gasteiger charge is -2.29. The lowest BCUT2D eigenvalue weighted by Crippen LogP contribution is -2.32. The lowest BCUT2D eigenvalue weighted by atomic mass is 10.00. The Kier molecular flexibility index (Phi) is 5.55. The van der Waals surface area contributed by atoms with Crippen LogP contribution in [-0.4, -0.2) is 31.3 Å². The number of rotatable bonds is 7. The van der Waals surface area contributed by atoms with E-state index >= 15 is 0 Å². The first-order chi connectivity index (χ1) is 15.1. The van der Waals surface area contributed by atoms with Gasteiger partial charge in [-0.05, 0) is 26.0 Å². The Morgan fingerprint density at radius 3 is 1.41 bits per heavy atom. The highest BCUT2D eigenvalue weighted by atomic mass is 33.1. The van der Waals surface area contributed by atoms with E-state index in [2.05, 4.69) is 0 Å². The molecule has 166 valence electrons. The van der Waals surface area contributed by atoms with Crippen LogP contribution in [0.15, 0.2) is 60.9 Å². The Labute approximate surface area is 193 Å². The van der Waals surface area contributed by atoms with Crippen LogP contribution in [0.4, 0.5) is 0 Å². The highest BCUT2D eigenvalue weighted by Gasteiger charge is 2.45. The van der Waals surface area contributed by atoms with E-state index in [4.69, 9.17) is 0 Å². The zero-order valence-corrected chi connectivity index (χ0v) is 19.8. The Morgan fingerprint density at radius 1 is 0.719 bits per heavy atom. The summed E-state index contributed by atoms with van der Waals surface area (Å²) in [6.07, 6.45) is 3.64. The summed E-state index contributed by atoms with van der Waals surface area (Å²) in [5.41, 5.74) is 3.14. The second-order valence-corrected chi connectivity index (χ2v) is 11.2. The standard InChI is InChI=1S/C24H24N2O4S2/c1-23(21(27)28,17-13-25(3)19-11-7-5-9-15(17)19)31-32-24(2,22(29)30)18-14-26(4)20-12-8-6-10-16(18)20/h5-14H,1-4H3,(H,27,28)(H,29,30). The van der Waals surface area contributed by atoms with Crippen LogP contribution < -0.4 is 0 Å². The largest absolute Gasteiger partial charge is 0.480 e. The van der Waals surface area contributed by atoms with Crippen LogP contribution in [0.2, 0.25) is 0 Å². The first-order valence-corrected chi connectivity index (χ1v) is 12.2. The van der Waals surface area contributed by atoms with Crippen LogP contribution in [-0.2, 0) is 33.2 Å². The molecule has 2 atom stereocenters. The van der Waals surface area contributed by atoms with E-state index in [-0.39, 0.29) is 0 Å². The highest BCUT2D eigenvalue weighted by Crippen LogP contribution is 2.55. The summed E-state index contributed by atoms with van der Waals surface area (Å²) in [5, 5.41) is 22.2. The van der Waals surface area contributed by atoms with Gasteiger partial charge in [0.15, 0.2) is 0 Å². The number of nitrogens with zero attached hydrogens (tertiary/aromatic N) is 2. The van der Waals surface area contributed by atoms with Crippen LogP contribution in [0.5, 0.6) is 0 Å². The summed E-state index contributed by atoms with van der Waals surface area (Å²) in [5.74, 6) is -2.03. The smallest absolute Gasteiger partial charge is 0.325 e. The molecule has 0 saturated carbocycles. The summed E-state index contributed by atoms with van der Waals surface area (Å²) in [7, 11) is 5.91. The summed E-state index contributed by atoms with van der Waals surface area (Å²) in [6, 6.07) is 15.3. The number of aryl methyl sites for hydroxylation is 2. The molecule has 0 aliphatic carbocycles. The third-order valence-electron chi connectivity index (χ3n) is 6.01. The average Bonchev–Trinajstić information content (AvgIpc) is 3.30. The van der Waals surface area contributed by atoms with E-state index in [9.17, 15) is 19.8 Å². The molecular formula is C24H24N2O4S2. The van der Waals surface area contributed by atoms with Crippen LogP contribution in [0.25, 0.3) is 21.8 Å². The van der Waals surface area contributed by atoms with Crippen molar-refractivity contribution in [3.8, 4) is 0 Å². The molecule has 2 unspecified atom stereocenters. The van der Waals surface area contributed by atoms with Gasteiger partial charge in [-0.15, -0.1) is 0 Å². The van der Waals surface area contributed by atoms with E-state index in [1.54, 1.807) is 13.8 Å². The fourth-order valence-electron chi connectivity index (χ4n) is 4.00. The summed E-state index contributed by atoms with van der Waals surface area (Å²) in [4.78, 5) is 25.0. The van der Waals surface area contributed by atoms with Crippen molar-refractivity contribution in [1.29, 1.82) is 0 Å². The van der Waals surface area contributed by atoms with Crippen LogP contribution in [0.1, 0.15) is 25.0 Å². The van der Waals surface area contributed by atoms with Gasteiger partial charge in [-0.1, -0.05) is 58.0 Å². The van der Waals surface area contributed by atoms with Crippen LogP contribution in [0, 0.1) is 0 Å². The van der Waals surface area contributed by atoms with Gasteiger partial charge in [-0.2, -0.15) is 0 Å². The van der Waals surface area contributed by atoms with Gasteiger partial charge >= 0.3 is 11.9 Å². The molecule has 0 radical (unpaired) electrons. The monoisotopic (exact) mass is 468 g/mol. The summed E-state index contributed by atoms with van der Waals surface area (Å²) >= 11 is 0. The number of aromatic nitrogens is 2. The molecule has 0 aliphatic heterocycles. The first kappa shape index (κ1) is 22.4. The number of hydrogen-bond donors (Lipinski definition) is 2. The third-order valence-corrected chi connectivity index (χ3v) is 9.80. The topological polar surface area (TPSA) is 84.5 Å². The molecular weight excluding hydrogens is 444 g/mol. The zero-order valence-electron chi connectivity index (χ0n) is 18.2. The Balaban J connectivity index is 1.79. The maximum absolute atomic E-state index is 12.5. The Morgan fingerprint density at radius 2 is 1.06 bits per heavy atom. The van der Waals surface area contributed by atoms with E-state index in [1.807, 2.05) is 84.2 Å². The molecule has 0 aliphatic rings. The number of carboxylic acids is 2. The molecule has 2 N–H and O–H groups in total. The molecule has 6 nitrogen and oxygen atoms in total. The maximum Gasteiger partial charge on any atom is 0.325 e. The van der Waals surface area contributed by atoms with Crippen molar-refractivity contribution >= 4 is 55.3 Å². The normalized spacial score (nSPS) is 15.5. The molecule has 0 saturated heterocycles. The minimum atomic E-state index is -1.35. The van der Waals surface area contributed by atoms with Crippen LogP contribution in [0.3, 0.4) is 0 Å². The fourth-order valence-corrected chi connectivity index (χ4v) is 6.95. The molecule has 8 heteroatoms. The van der Waals surface area contributed by atoms with Crippen molar-refractivity contribution in [3.63, 3.8) is 0 Å². The highest BCUT2D eigenvalue weighted by molar-refractivity contribution is 8.77. The van der Waals surface area contributed by atoms with Gasteiger partial charge in [0.05, 0.1) is 0 Å². The van der Waals surface area contributed by atoms with Crippen molar-refractivity contribution in [2.24, 2.45) is 14.1 Å². The number of para-hydroxylation sites is 2. The second-order valence-electron chi connectivity index (χ2n) is 8.19. The number of fused-ring (bicyclic) bond motifs is 2. The maximum atomic E-state index is 12.5. The molecule has 2 aromatic carbocycles. The number of carbonyl (C=O) groups is 2. The number of hydrogen-bond acceptors (Lipinski definition) is 4. The van der Waals surface area contributed by atoms with Gasteiger partial charge in [0.25, 0.3) is 0 Å². The number of aliphatic carboxylic acids is 2. The zero-order chi connectivity index (χ0) is 23.3. The first-order valence-electron chi connectivity index (χ1n) is 10.0. The van der Waals surface area contributed by atoms with E-state index in [1.165, 1.54) is 0 Å². The molecule has 0 amide bonds. The third kappa shape index (κ3) is 3.38. The van der Waals surface area contributed by atoms with E-state index < -0.39 is 21.4 Å². The summed E-state index contributed by atoms with van der Waals surface area (Å²) < 4.78 is 1.09. The average molecular weight is 469 g/mol. The Hall–Kier alpha value is -2.84. The molecule has 0 fully saturated rings. The van der Waals surface area contributed by atoms with Crippen molar-refractivity contribution in [3.05, 3.63) is 72.1 Å². The summed E-state index contributed by atoms with van der Waals surface area (Å²) in [6.45, 7) is 3.28. The molecule has 4 rings (SSSR count). The molecule has 0 bridgehead atoms. The van der Waals surface area contributed by atoms with Crippen molar-refractivity contribution in [1.82, 2.24) is 9.13 Å². The van der Waals surface area contributed by atoms with Crippen LogP contribution >= 0.6 is 21.6 Å². The minimum absolute atomic E-state index is 0.645. The number of benzene rings is 2. The van der Waals surface area contributed by atoms with Gasteiger partial charge in [-0.3, -0.25) is 9.59 Å². The second kappa shape index (κ2) is 7.94. The SMILES string of the molecule is Cn1cc(C(C)(SSC(C)(C(=O)O)c2cn(C)c3ccccc23)C(=O)O)c2ccccc21. The van der Waals surface area contributed by atoms with E-state index in [0.29, 0.717) is 11.1 Å². The molecule has 2 aromatic heterocycles. The molecule has 4 aromatic rings. The predicted molar refractivity (Wildman–Crippen MR) is 131 cm³/mol. The van der Waals surface area contributed by atoms with Gasteiger partial charge in [0.1, 0.15) is 9.49 Å².